The van der Waals surface area contributed by atoms with Gasteiger partial charge in [0, 0.05) is 13.1 Å². The number of benzene rings is 1. The van der Waals surface area contributed by atoms with Crippen molar-refractivity contribution in [1.82, 2.24) is 15.1 Å². The first-order valence-corrected chi connectivity index (χ1v) is 11.4. The van der Waals surface area contributed by atoms with Crippen molar-refractivity contribution in [3.63, 3.8) is 0 Å². The van der Waals surface area contributed by atoms with Gasteiger partial charge >= 0.3 is 6.03 Å². The Morgan fingerprint density at radius 1 is 1.19 bits per heavy atom. The molecule has 0 spiro atoms. The van der Waals surface area contributed by atoms with Crippen molar-refractivity contribution >= 4 is 17.8 Å². The van der Waals surface area contributed by atoms with Gasteiger partial charge < -0.3 is 14.6 Å². The monoisotopic (exact) mass is 437 g/mol. The Morgan fingerprint density at radius 3 is 2.62 bits per heavy atom. The summed E-state index contributed by atoms with van der Waals surface area (Å²) in [4.78, 5) is 42.2. The van der Waals surface area contributed by atoms with Crippen LogP contribution in [0.25, 0.3) is 0 Å². The topological polar surface area (TPSA) is 82.9 Å². The summed E-state index contributed by atoms with van der Waals surface area (Å²) >= 11 is 0. The second-order valence-corrected chi connectivity index (χ2v) is 8.94. The van der Waals surface area contributed by atoms with Crippen LogP contribution in [0, 0.1) is 12.8 Å². The number of likely N-dealkylation sites (tertiary alicyclic amines) is 1. The van der Waals surface area contributed by atoms with Gasteiger partial charge in [-0.25, -0.2) is 4.79 Å². The molecule has 1 atom stereocenters. The van der Waals surface area contributed by atoms with Crippen molar-refractivity contribution in [2.45, 2.75) is 58.0 Å². The highest BCUT2D eigenvalue weighted by Crippen LogP contribution is 2.37. The fourth-order valence-corrected chi connectivity index (χ4v) is 5.12. The lowest BCUT2D eigenvalue weighted by Gasteiger charge is -2.41. The summed E-state index contributed by atoms with van der Waals surface area (Å²) in [7, 11) is 0. The molecule has 1 unspecified atom stereocenters. The van der Waals surface area contributed by atoms with Crippen molar-refractivity contribution in [2.75, 3.05) is 13.1 Å². The van der Waals surface area contributed by atoms with Gasteiger partial charge in [0.2, 0.25) is 5.91 Å². The SMILES string of the molecule is CCCC1(C2CCN(C(=O)Cc3cccc(C)c3)CC2)NC(=O)N(Cc2ccco2)C1=O. The van der Waals surface area contributed by atoms with Crippen LogP contribution in [0.2, 0.25) is 0 Å². The summed E-state index contributed by atoms with van der Waals surface area (Å²) in [5, 5.41) is 3.03. The highest BCUT2D eigenvalue weighted by Gasteiger charge is 2.55. The smallest absolute Gasteiger partial charge is 0.325 e. The summed E-state index contributed by atoms with van der Waals surface area (Å²) in [6, 6.07) is 11.2. The lowest BCUT2D eigenvalue weighted by molar-refractivity contribution is -0.136. The molecule has 170 valence electrons. The quantitative estimate of drug-likeness (QED) is 0.670. The van der Waals surface area contributed by atoms with Gasteiger partial charge in [-0.15, -0.1) is 0 Å². The molecular weight excluding hydrogens is 406 g/mol. The van der Waals surface area contributed by atoms with Crippen molar-refractivity contribution in [3.05, 3.63) is 59.5 Å². The molecule has 32 heavy (non-hydrogen) atoms. The van der Waals surface area contributed by atoms with E-state index >= 15 is 0 Å². The van der Waals surface area contributed by atoms with E-state index in [1.54, 1.807) is 12.1 Å². The van der Waals surface area contributed by atoms with Gasteiger partial charge in [0.15, 0.2) is 0 Å². The average Bonchev–Trinajstić information content (AvgIpc) is 3.37. The third-order valence-corrected chi connectivity index (χ3v) is 6.72. The number of urea groups is 1. The Hall–Kier alpha value is -3.09. The minimum atomic E-state index is -0.899. The molecule has 4 amide bonds. The maximum Gasteiger partial charge on any atom is 0.325 e. The maximum absolute atomic E-state index is 13.5. The third kappa shape index (κ3) is 4.29. The molecule has 7 heteroatoms. The molecule has 1 aromatic carbocycles. The van der Waals surface area contributed by atoms with E-state index in [9.17, 15) is 14.4 Å². The van der Waals surface area contributed by atoms with Crippen LogP contribution in [0.5, 0.6) is 0 Å². The lowest BCUT2D eigenvalue weighted by Crippen LogP contribution is -2.56. The number of piperidine rings is 1. The van der Waals surface area contributed by atoms with Crippen molar-refractivity contribution in [2.24, 2.45) is 5.92 Å². The molecule has 0 saturated carbocycles. The number of carbonyl (C=O) groups excluding carboxylic acids is 3. The number of furan rings is 1. The molecule has 1 N–H and O–H groups in total. The molecule has 3 heterocycles. The van der Waals surface area contributed by atoms with Crippen molar-refractivity contribution in [1.29, 1.82) is 0 Å². The molecule has 2 saturated heterocycles. The zero-order chi connectivity index (χ0) is 22.7. The summed E-state index contributed by atoms with van der Waals surface area (Å²) in [6.45, 7) is 5.38. The van der Waals surface area contributed by atoms with E-state index in [0.29, 0.717) is 44.5 Å². The number of nitrogens with one attached hydrogen (secondary N) is 1. The van der Waals surface area contributed by atoms with E-state index in [1.807, 2.05) is 43.0 Å². The summed E-state index contributed by atoms with van der Waals surface area (Å²) in [5.41, 5.74) is 1.26. The van der Waals surface area contributed by atoms with Gasteiger partial charge in [0.25, 0.3) is 5.91 Å². The maximum atomic E-state index is 13.5. The second kappa shape index (κ2) is 9.18. The van der Waals surface area contributed by atoms with Crippen LogP contribution in [-0.4, -0.2) is 46.3 Å². The minimum absolute atomic E-state index is 0.00326. The van der Waals surface area contributed by atoms with E-state index in [2.05, 4.69) is 5.32 Å². The molecule has 2 aromatic rings. The minimum Gasteiger partial charge on any atom is -0.467 e. The van der Waals surface area contributed by atoms with Crippen LogP contribution in [0.1, 0.15) is 49.5 Å². The standard InChI is InChI=1S/C25H31N3O4/c1-3-11-25(23(30)28(24(31)26-25)17-21-8-5-14-32-21)20-9-12-27(13-10-20)22(29)16-19-7-4-6-18(2)15-19/h4-8,14-15,20H,3,9-13,16-17H2,1-2H3,(H,26,31). The highest BCUT2D eigenvalue weighted by molar-refractivity contribution is 6.07. The normalized spacial score (nSPS) is 21.8. The number of nitrogens with zero attached hydrogens (tertiary/aromatic N) is 2. The van der Waals surface area contributed by atoms with E-state index in [-0.39, 0.29) is 30.3 Å². The number of hydrogen-bond donors (Lipinski definition) is 1. The highest BCUT2D eigenvalue weighted by atomic mass is 16.3. The van der Waals surface area contributed by atoms with Crippen molar-refractivity contribution < 1.29 is 18.8 Å². The molecule has 7 nitrogen and oxygen atoms in total. The van der Waals surface area contributed by atoms with E-state index in [4.69, 9.17) is 4.42 Å². The van der Waals surface area contributed by atoms with Crippen molar-refractivity contribution in [3.8, 4) is 0 Å². The number of amides is 4. The van der Waals surface area contributed by atoms with Crippen LogP contribution in [0.15, 0.2) is 47.1 Å². The number of rotatable bonds is 7. The first-order chi connectivity index (χ1) is 15.4. The van der Waals surface area contributed by atoms with E-state index < -0.39 is 5.54 Å². The number of hydrogen-bond acceptors (Lipinski definition) is 4. The van der Waals surface area contributed by atoms with Crippen LogP contribution < -0.4 is 5.32 Å². The molecular formula is C25H31N3O4. The van der Waals surface area contributed by atoms with Crippen LogP contribution in [-0.2, 0) is 22.6 Å². The zero-order valence-electron chi connectivity index (χ0n) is 18.8. The number of imide groups is 1. The fourth-order valence-electron chi connectivity index (χ4n) is 5.12. The largest absolute Gasteiger partial charge is 0.467 e. The molecule has 0 radical (unpaired) electrons. The van der Waals surface area contributed by atoms with Gasteiger partial charge in [-0.3, -0.25) is 14.5 Å². The molecule has 2 aliphatic heterocycles. The second-order valence-electron chi connectivity index (χ2n) is 8.94. The molecule has 0 bridgehead atoms. The molecule has 0 aliphatic carbocycles. The van der Waals surface area contributed by atoms with Crippen LogP contribution >= 0.6 is 0 Å². The van der Waals surface area contributed by atoms with Crippen LogP contribution in [0.3, 0.4) is 0 Å². The molecule has 2 fully saturated rings. The van der Waals surface area contributed by atoms with Gasteiger partial charge in [0.1, 0.15) is 11.3 Å². The number of carbonyl (C=O) groups is 3. The lowest BCUT2D eigenvalue weighted by atomic mass is 9.74. The Labute approximate surface area is 188 Å². The van der Waals surface area contributed by atoms with Crippen LogP contribution in [0.4, 0.5) is 4.79 Å². The van der Waals surface area contributed by atoms with Gasteiger partial charge in [-0.1, -0.05) is 43.2 Å². The molecule has 1 aromatic heterocycles. The van der Waals surface area contributed by atoms with E-state index in [1.165, 1.54) is 11.2 Å². The Bertz CT molecular complexity index is 979. The first-order valence-electron chi connectivity index (χ1n) is 11.4. The average molecular weight is 438 g/mol. The summed E-state index contributed by atoms with van der Waals surface area (Å²) < 4.78 is 5.34. The Balaban J connectivity index is 1.42. The predicted octanol–water partition coefficient (Wildman–Crippen LogP) is 3.66. The zero-order valence-corrected chi connectivity index (χ0v) is 18.8. The Kier molecular flexibility index (Phi) is 6.35. The molecule has 2 aliphatic rings. The first kappa shape index (κ1) is 22.1. The third-order valence-electron chi connectivity index (χ3n) is 6.72. The van der Waals surface area contributed by atoms with Gasteiger partial charge in [-0.05, 0) is 49.8 Å². The van der Waals surface area contributed by atoms with Gasteiger partial charge in [-0.2, -0.15) is 0 Å². The summed E-state index contributed by atoms with van der Waals surface area (Å²) in [5.74, 6) is 0.519. The number of aryl methyl sites for hydroxylation is 1. The fraction of sp³-hybridized carbons (Fsp3) is 0.480. The van der Waals surface area contributed by atoms with E-state index in [0.717, 1.165) is 17.5 Å². The molecule has 4 rings (SSSR count). The Morgan fingerprint density at radius 2 is 1.97 bits per heavy atom. The van der Waals surface area contributed by atoms with Gasteiger partial charge in [0.05, 0.1) is 19.2 Å². The summed E-state index contributed by atoms with van der Waals surface area (Å²) in [6.07, 6.45) is 4.69. The predicted molar refractivity (Wildman–Crippen MR) is 120 cm³/mol.